The lowest BCUT2D eigenvalue weighted by Crippen LogP contribution is -2.26. The minimum absolute atomic E-state index is 0.0677. The van der Waals surface area contributed by atoms with Gasteiger partial charge in [0.05, 0.1) is 17.6 Å². The van der Waals surface area contributed by atoms with Crippen LogP contribution in [0.2, 0.25) is 0 Å². The van der Waals surface area contributed by atoms with E-state index >= 15 is 0 Å². The molecule has 0 atom stereocenters. The fraction of sp³-hybridized carbons (Fsp3) is 0.222. The van der Waals surface area contributed by atoms with Crippen molar-refractivity contribution in [2.24, 2.45) is 7.05 Å². The van der Waals surface area contributed by atoms with E-state index in [2.05, 4.69) is 14.8 Å². The molecule has 0 saturated carbocycles. The van der Waals surface area contributed by atoms with Crippen molar-refractivity contribution in [1.82, 2.24) is 19.5 Å². The molecule has 1 aromatic carbocycles. The Morgan fingerprint density at radius 1 is 1.04 bits per heavy atom. The molecule has 0 bridgehead atoms. The second-order valence-electron chi connectivity index (χ2n) is 5.83. The molecule has 3 aromatic rings. The average molecular weight is 356 g/mol. The Hall–Kier alpha value is -2.51. The number of aromatic nitrogens is 3. The van der Waals surface area contributed by atoms with Crippen LogP contribution in [0.5, 0.6) is 0 Å². The van der Waals surface area contributed by atoms with Gasteiger partial charge in [-0.1, -0.05) is 36.4 Å². The van der Waals surface area contributed by atoms with Crippen LogP contribution >= 0.6 is 0 Å². The molecule has 2 aromatic heterocycles. The molecule has 0 aliphatic rings. The Morgan fingerprint density at radius 2 is 1.84 bits per heavy atom. The van der Waals surface area contributed by atoms with E-state index in [4.69, 9.17) is 0 Å². The fourth-order valence-corrected chi connectivity index (χ4v) is 3.45. The lowest BCUT2D eigenvalue weighted by atomic mass is 10.2. The minimum Gasteiger partial charge on any atom is -0.275 e. The number of sulfonamides is 1. The maximum Gasteiger partial charge on any atom is 0.212 e. The lowest BCUT2D eigenvalue weighted by molar-refractivity contribution is 0.580. The van der Waals surface area contributed by atoms with E-state index in [1.165, 1.54) is 0 Å². The summed E-state index contributed by atoms with van der Waals surface area (Å²) in [5.41, 5.74) is 3.56. The van der Waals surface area contributed by atoms with Crippen LogP contribution in [-0.4, -0.2) is 28.9 Å². The van der Waals surface area contributed by atoms with E-state index in [9.17, 15) is 8.42 Å². The van der Waals surface area contributed by atoms with Gasteiger partial charge in [-0.3, -0.25) is 9.67 Å². The minimum atomic E-state index is -3.33. The van der Waals surface area contributed by atoms with E-state index in [1.807, 2.05) is 55.7 Å². The van der Waals surface area contributed by atoms with Crippen LogP contribution in [0.4, 0.5) is 0 Å². The van der Waals surface area contributed by atoms with E-state index in [-0.39, 0.29) is 12.3 Å². The third-order valence-electron chi connectivity index (χ3n) is 3.82. The number of hydrogen-bond donors (Lipinski definition) is 1. The molecule has 6 nitrogen and oxygen atoms in total. The molecular formula is C18H20N4O2S. The first-order chi connectivity index (χ1) is 12.0. The number of pyridine rings is 1. The molecule has 25 heavy (non-hydrogen) atoms. The van der Waals surface area contributed by atoms with Gasteiger partial charge in [0.25, 0.3) is 0 Å². The smallest absolute Gasteiger partial charge is 0.212 e. The standard InChI is InChI=1S/C18H20N4O2S/c1-22-14-17(13-20-22)18-8-7-16(11-19-18)12-21-25(23,24)10-9-15-5-3-2-4-6-15/h2-8,11,13-14,21H,9-10,12H2,1H3. The second kappa shape index (κ2) is 7.58. The maximum atomic E-state index is 12.1. The van der Waals surface area contributed by atoms with E-state index in [1.54, 1.807) is 17.1 Å². The summed E-state index contributed by atoms with van der Waals surface area (Å²) in [6.07, 6.45) is 5.80. The van der Waals surface area contributed by atoms with Crippen LogP contribution in [0.25, 0.3) is 11.3 Å². The summed E-state index contributed by atoms with van der Waals surface area (Å²) in [6.45, 7) is 0.234. The van der Waals surface area contributed by atoms with Crippen LogP contribution < -0.4 is 4.72 Å². The molecule has 2 heterocycles. The molecule has 7 heteroatoms. The van der Waals surface area contributed by atoms with Gasteiger partial charge in [0, 0.05) is 31.5 Å². The Labute approximate surface area is 147 Å². The molecule has 1 N–H and O–H groups in total. The van der Waals surface area contributed by atoms with Crippen molar-refractivity contribution in [2.45, 2.75) is 13.0 Å². The number of aryl methyl sites for hydroxylation is 2. The maximum absolute atomic E-state index is 12.1. The Bertz CT molecular complexity index is 919. The molecule has 0 fully saturated rings. The van der Waals surface area contributed by atoms with E-state index in [0.717, 1.165) is 22.4 Å². The molecular weight excluding hydrogens is 336 g/mol. The monoisotopic (exact) mass is 356 g/mol. The molecule has 130 valence electrons. The number of hydrogen-bond acceptors (Lipinski definition) is 4. The first kappa shape index (κ1) is 17.3. The summed E-state index contributed by atoms with van der Waals surface area (Å²) in [7, 11) is -1.48. The first-order valence-electron chi connectivity index (χ1n) is 7.97. The number of rotatable bonds is 7. The largest absolute Gasteiger partial charge is 0.275 e. The van der Waals surface area contributed by atoms with Crippen LogP contribution in [0.15, 0.2) is 61.1 Å². The van der Waals surface area contributed by atoms with Crippen molar-refractivity contribution < 1.29 is 8.42 Å². The average Bonchev–Trinajstić information content (AvgIpc) is 3.06. The quantitative estimate of drug-likeness (QED) is 0.704. The Kier molecular flexibility index (Phi) is 5.25. The van der Waals surface area contributed by atoms with Crippen LogP contribution in [0, 0.1) is 0 Å². The van der Waals surface area contributed by atoms with E-state index in [0.29, 0.717) is 6.42 Å². The zero-order valence-electron chi connectivity index (χ0n) is 14.0. The van der Waals surface area contributed by atoms with Crippen molar-refractivity contribution in [3.63, 3.8) is 0 Å². The van der Waals surface area contributed by atoms with Crippen molar-refractivity contribution in [3.8, 4) is 11.3 Å². The van der Waals surface area contributed by atoms with Gasteiger partial charge in [-0.15, -0.1) is 0 Å². The highest BCUT2D eigenvalue weighted by Gasteiger charge is 2.10. The van der Waals surface area contributed by atoms with Crippen LogP contribution in [0.3, 0.4) is 0 Å². The summed E-state index contributed by atoms with van der Waals surface area (Å²) in [4.78, 5) is 4.37. The Balaban J connectivity index is 1.55. The van der Waals surface area contributed by atoms with Crippen molar-refractivity contribution in [1.29, 1.82) is 0 Å². The summed E-state index contributed by atoms with van der Waals surface area (Å²) < 4.78 is 28.6. The number of nitrogens with one attached hydrogen (secondary N) is 1. The number of nitrogens with zero attached hydrogens (tertiary/aromatic N) is 3. The van der Waals surface area contributed by atoms with Gasteiger partial charge in [-0.05, 0) is 23.6 Å². The third-order valence-corrected chi connectivity index (χ3v) is 5.15. The van der Waals surface area contributed by atoms with E-state index < -0.39 is 10.0 Å². The SMILES string of the molecule is Cn1cc(-c2ccc(CNS(=O)(=O)CCc3ccccc3)cn2)cn1. The molecule has 0 aliphatic heterocycles. The normalized spacial score (nSPS) is 11.6. The topological polar surface area (TPSA) is 76.9 Å². The summed E-state index contributed by atoms with van der Waals surface area (Å²) in [5, 5.41) is 4.11. The molecule has 0 amide bonds. The first-order valence-corrected chi connectivity index (χ1v) is 9.62. The predicted molar refractivity (Wildman–Crippen MR) is 97.2 cm³/mol. The lowest BCUT2D eigenvalue weighted by Gasteiger charge is -2.07. The summed E-state index contributed by atoms with van der Waals surface area (Å²) in [5.74, 6) is 0.0677. The summed E-state index contributed by atoms with van der Waals surface area (Å²) >= 11 is 0. The Morgan fingerprint density at radius 3 is 2.48 bits per heavy atom. The van der Waals surface area contributed by atoms with Gasteiger partial charge in [0.1, 0.15) is 0 Å². The highest BCUT2D eigenvalue weighted by atomic mass is 32.2. The summed E-state index contributed by atoms with van der Waals surface area (Å²) in [6, 6.07) is 13.3. The molecule has 3 rings (SSSR count). The van der Waals surface area contributed by atoms with Gasteiger partial charge in [0.15, 0.2) is 0 Å². The van der Waals surface area contributed by atoms with Crippen LogP contribution in [0.1, 0.15) is 11.1 Å². The fourth-order valence-electron chi connectivity index (χ4n) is 2.42. The highest BCUT2D eigenvalue weighted by Crippen LogP contribution is 2.15. The second-order valence-corrected chi connectivity index (χ2v) is 7.76. The number of benzene rings is 1. The third kappa shape index (κ3) is 4.98. The van der Waals surface area contributed by atoms with Gasteiger partial charge >= 0.3 is 0 Å². The van der Waals surface area contributed by atoms with Gasteiger partial charge in [-0.2, -0.15) is 5.10 Å². The predicted octanol–water partition coefficient (Wildman–Crippen LogP) is 2.14. The molecule has 0 aliphatic carbocycles. The van der Waals surface area contributed by atoms with Gasteiger partial charge in [-0.25, -0.2) is 13.1 Å². The van der Waals surface area contributed by atoms with Gasteiger partial charge in [0.2, 0.25) is 10.0 Å². The van der Waals surface area contributed by atoms with Crippen molar-refractivity contribution in [3.05, 3.63) is 72.2 Å². The van der Waals surface area contributed by atoms with Crippen molar-refractivity contribution >= 4 is 10.0 Å². The zero-order valence-corrected chi connectivity index (χ0v) is 14.8. The molecule has 0 saturated heterocycles. The van der Waals surface area contributed by atoms with Crippen molar-refractivity contribution in [2.75, 3.05) is 5.75 Å². The van der Waals surface area contributed by atoms with Crippen LogP contribution in [-0.2, 0) is 30.0 Å². The molecule has 0 unspecified atom stereocenters. The zero-order chi connectivity index (χ0) is 17.7. The highest BCUT2D eigenvalue weighted by molar-refractivity contribution is 7.89. The molecule has 0 spiro atoms. The molecule has 0 radical (unpaired) electrons. The van der Waals surface area contributed by atoms with Gasteiger partial charge < -0.3 is 0 Å².